The highest BCUT2D eigenvalue weighted by Crippen LogP contribution is 2.35. The van der Waals surface area contributed by atoms with E-state index in [9.17, 15) is 9.50 Å². The molecule has 26 heavy (non-hydrogen) atoms. The third-order valence-electron chi connectivity index (χ3n) is 3.91. The maximum Gasteiger partial charge on any atom is 0.270 e. The Morgan fingerprint density at radius 3 is 2.73 bits per heavy atom. The molecule has 0 aliphatic rings. The average Bonchev–Trinajstić information content (AvgIpc) is 3.12. The van der Waals surface area contributed by atoms with E-state index in [1.165, 1.54) is 12.1 Å². The first-order chi connectivity index (χ1) is 12.7. The molecule has 8 heteroatoms. The van der Waals surface area contributed by atoms with Gasteiger partial charge in [-0.05, 0) is 29.8 Å². The van der Waals surface area contributed by atoms with E-state index in [1.807, 2.05) is 0 Å². The van der Waals surface area contributed by atoms with Crippen molar-refractivity contribution in [3.05, 3.63) is 59.9 Å². The minimum atomic E-state index is -0.308. The number of nitrogens with zero attached hydrogens (tertiary/aromatic N) is 4. The number of aromatic nitrogens is 4. The Balaban J connectivity index is 1.73. The first kappa shape index (κ1) is 15.9. The summed E-state index contributed by atoms with van der Waals surface area (Å²) in [5.41, 5.74) is 1.37. The molecular weight excluding hydrogens is 337 g/mol. The fraction of sp³-hybridized carbons (Fsp3) is 0.111. The highest BCUT2D eigenvalue weighted by Gasteiger charge is 2.20. The van der Waals surface area contributed by atoms with Crippen molar-refractivity contribution in [3.63, 3.8) is 0 Å². The average molecular weight is 351 g/mol. The van der Waals surface area contributed by atoms with Gasteiger partial charge in [0.2, 0.25) is 5.89 Å². The molecule has 4 aromatic rings. The standard InChI is InChI=1S/C18H14FN5O2/c1-20-17-12-3-2-8-21-14(12)16(25)15(22-17)18-24-23-13(26-18)9-10-4-6-11(19)7-5-10/h2-8,25H,9H2,1H3,(H,20,22). The van der Waals surface area contributed by atoms with Crippen LogP contribution in [-0.2, 0) is 6.42 Å². The van der Waals surface area contributed by atoms with Crippen molar-refractivity contribution in [3.8, 4) is 17.3 Å². The van der Waals surface area contributed by atoms with Gasteiger partial charge in [-0.3, -0.25) is 4.98 Å². The Bertz CT molecular complexity index is 1080. The molecule has 0 aliphatic carbocycles. The van der Waals surface area contributed by atoms with Crippen LogP contribution in [0.25, 0.3) is 22.5 Å². The minimum absolute atomic E-state index is 0.0867. The molecule has 0 saturated carbocycles. The summed E-state index contributed by atoms with van der Waals surface area (Å²) in [6.07, 6.45) is 1.93. The summed E-state index contributed by atoms with van der Waals surface area (Å²) in [5.74, 6) is 0.525. The van der Waals surface area contributed by atoms with Crippen LogP contribution in [0.5, 0.6) is 5.75 Å². The Morgan fingerprint density at radius 2 is 1.96 bits per heavy atom. The van der Waals surface area contributed by atoms with E-state index < -0.39 is 0 Å². The fourth-order valence-corrected chi connectivity index (χ4v) is 2.66. The van der Waals surface area contributed by atoms with Gasteiger partial charge in [0.25, 0.3) is 5.89 Å². The van der Waals surface area contributed by atoms with E-state index in [0.29, 0.717) is 29.0 Å². The van der Waals surface area contributed by atoms with Crippen molar-refractivity contribution >= 4 is 16.7 Å². The molecule has 0 unspecified atom stereocenters. The summed E-state index contributed by atoms with van der Waals surface area (Å²) in [6.45, 7) is 0. The van der Waals surface area contributed by atoms with E-state index >= 15 is 0 Å². The number of rotatable bonds is 4. The number of hydrogen-bond acceptors (Lipinski definition) is 7. The molecule has 0 aliphatic heterocycles. The normalized spacial score (nSPS) is 11.0. The van der Waals surface area contributed by atoms with Crippen molar-refractivity contribution in [1.82, 2.24) is 20.2 Å². The molecular formula is C18H14FN5O2. The van der Waals surface area contributed by atoms with E-state index in [-0.39, 0.29) is 23.2 Å². The summed E-state index contributed by atoms with van der Waals surface area (Å²) in [4.78, 5) is 8.58. The van der Waals surface area contributed by atoms with Gasteiger partial charge in [-0.15, -0.1) is 10.2 Å². The van der Waals surface area contributed by atoms with Crippen molar-refractivity contribution in [1.29, 1.82) is 0 Å². The zero-order valence-corrected chi connectivity index (χ0v) is 13.8. The maximum atomic E-state index is 13.0. The van der Waals surface area contributed by atoms with E-state index in [2.05, 4.69) is 25.5 Å². The smallest absolute Gasteiger partial charge is 0.270 e. The second-order valence-corrected chi connectivity index (χ2v) is 5.61. The lowest BCUT2D eigenvalue weighted by Gasteiger charge is -2.08. The monoisotopic (exact) mass is 351 g/mol. The third-order valence-corrected chi connectivity index (χ3v) is 3.91. The first-order valence-electron chi connectivity index (χ1n) is 7.88. The van der Waals surface area contributed by atoms with Crippen LogP contribution in [0.2, 0.25) is 0 Å². The molecule has 0 amide bonds. The van der Waals surface area contributed by atoms with Gasteiger partial charge in [0, 0.05) is 18.6 Å². The minimum Gasteiger partial charge on any atom is -0.504 e. The molecule has 0 fully saturated rings. The van der Waals surface area contributed by atoms with E-state index in [0.717, 1.165) is 5.56 Å². The number of aromatic hydroxyl groups is 1. The predicted octanol–water partition coefficient (Wildman–Crippen LogP) is 3.16. The zero-order valence-electron chi connectivity index (χ0n) is 13.8. The van der Waals surface area contributed by atoms with Crippen molar-refractivity contribution in [2.75, 3.05) is 12.4 Å². The topological polar surface area (TPSA) is 97.0 Å². The predicted molar refractivity (Wildman–Crippen MR) is 93.2 cm³/mol. The SMILES string of the molecule is CNc1nc(-c2nnc(Cc3ccc(F)cc3)o2)c(O)c2ncccc12. The molecule has 0 atom stereocenters. The Labute approximate surface area is 147 Å². The Kier molecular flexibility index (Phi) is 3.92. The van der Waals surface area contributed by atoms with Gasteiger partial charge in [-0.2, -0.15) is 0 Å². The maximum absolute atomic E-state index is 13.0. The fourth-order valence-electron chi connectivity index (χ4n) is 2.66. The van der Waals surface area contributed by atoms with Crippen molar-refractivity contribution < 1.29 is 13.9 Å². The van der Waals surface area contributed by atoms with Crippen LogP contribution in [0.4, 0.5) is 10.2 Å². The quantitative estimate of drug-likeness (QED) is 0.583. The highest BCUT2D eigenvalue weighted by atomic mass is 19.1. The first-order valence-corrected chi connectivity index (χ1v) is 7.88. The highest BCUT2D eigenvalue weighted by molar-refractivity contribution is 5.96. The number of pyridine rings is 2. The molecule has 3 heterocycles. The largest absolute Gasteiger partial charge is 0.504 e. The Morgan fingerprint density at radius 1 is 1.15 bits per heavy atom. The van der Waals surface area contributed by atoms with Gasteiger partial charge < -0.3 is 14.8 Å². The van der Waals surface area contributed by atoms with Crippen molar-refractivity contribution in [2.45, 2.75) is 6.42 Å². The second kappa shape index (κ2) is 6.40. The van der Waals surface area contributed by atoms with Gasteiger partial charge in [-0.25, -0.2) is 9.37 Å². The summed E-state index contributed by atoms with van der Waals surface area (Å²) < 4.78 is 18.6. The third kappa shape index (κ3) is 2.81. The summed E-state index contributed by atoms with van der Waals surface area (Å²) in [5, 5.41) is 22.1. The molecule has 0 saturated heterocycles. The second-order valence-electron chi connectivity index (χ2n) is 5.61. The molecule has 0 bridgehead atoms. The summed E-state index contributed by atoms with van der Waals surface area (Å²) in [7, 11) is 1.73. The summed E-state index contributed by atoms with van der Waals surface area (Å²) >= 11 is 0. The lowest BCUT2D eigenvalue weighted by molar-refractivity contribution is 0.471. The van der Waals surface area contributed by atoms with Gasteiger partial charge in [0.05, 0.1) is 6.42 Å². The molecule has 2 N–H and O–H groups in total. The number of anilines is 1. The number of fused-ring (bicyclic) bond motifs is 1. The van der Waals surface area contributed by atoms with Gasteiger partial charge in [0.1, 0.15) is 17.2 Å². The molecule has 4 rings (SSSR count). The lowest BCUT2D eigenvalue weighted by atomic mass is 10.1. The van der Waals surface area contributed by atoms with Gasteiger partial charge in [0.15, 0.2) is 11.4 Å². The lowest BCUT2D eigenvalue weighted by Crippen LogP contribution is -1.97. The van der Waals surface area contributed by atoms with E-state index in [1.54, 1.807) is 37.5 Å². The molecule has 0 radical (unpaired) electrons. The molecule has 130 valence electrons. The molecule has 3 aromatic heterocycles. The van der Waals surface area contributed by atoms with Crippen LogP contribution in [-0.4, -0.2) is 32.3 Å². The number of hydrogen-bond donors (Lipinski definition) is 2. The van der Waals surface area contributed by atoms with Crippen LogP contribution in [0.15, 0.2) is 47.0 Å². The van der Waals surface area contributed by atoms with Crippen LogP contribution < -0.4 is 5.32 Å². The van der Waals surface area contributed by atoms with Crippen LogP contribution in [0.3, 0.4) is 0 Å². The molecule has 1 aromatic carbocycles. The van der Waals surface area contributed by atoms with E-state index in [4.69, 9.17) is 4.42 Å². The molecule has 7 nitrogen and oxygen atoms in total. The molecule has 0 spiro atoms. The number of nitrogens with one attached hydrogen (secondary N) is 1. The van der Waals surface area contributed by atoms with Gasteiger partial charge in [-0.1, -0.05) is 12.1 Å². The number of halogens is 1. The van der Waals surface area contributed by atoms with Gasteiger partial charge >= 0.3 is 0 Å². The van der Waals surface area contributed by atoms with Crippen LogP contribution in [0, 0.1) is 5.82 Å². The van der Waals surface area contributed by atoms with Crippen LogP contribution >= 0.6 is 0 Å². The van der Waals surface area contributed by atoms with Crippen LogP contribution in [0.1, 0.15) is 11.5 Å². The zero-order chi connectivity index (χ0) is 18.1. The number of benzene rings is 1. The van der Waals surface area contributed by atoms with Crippen molar-refractivity contribution in [2.24, 2.45) is 0 Å². The summed E-state index contributed by atoms with van der Waals surface area (Å²) in [6, 6.07) is 9.60. The Hall–Kier alpha value is -3.55.